The number of hydrogen-bond acceptors (Lipinski definition) is 4. The van der Waals surface area contributed by atoms with Crippen LogP contribution in [0, 0.1) is 0 Å². The number of nitrogens with zero attached hydrogens (tertiary/aromatic N) is 1. The second-order valence-corrected chi connectivity index (χ2v) is 10.0. The van der Waals surface area contributed by atoms with Crippen molar-refractivity contribution in [3.8, 4) is 0 Å². The summed E-state index contributed by atoms with van der Waals surface area (Å²) in [4.78, 5) is 28.5. The first kappa shape index (κ1) is 21.4. The summed E-state index contributed by atoms with van der Waals surface area (Å²) < 4.78 is 27.4. The number of halogens is 1. The third kappa shape index (κ3) is 4.18. The quantitative estimate of drug-likeness (QED) is 0.607. The zero-order chi connectivity index (χ0) is 22.2. The fourth-order valence-electron chi connectivity index (χ4n) is 3.81. The van der Waals surface area contributed by atoms with Gasteiger partial charge in [0.05, 0.1) is 10.6 Å². The lowest BCUT2D eigenvalue weighted by Crippen LogP contribution is -2.35. The van der Waals surface area contributed by atoms with Crippen LogP contribution in [0.2, 0.25) is 5.02 Å². The molecule has 3 aromatic rings. The number of pyridine rings is 1. The van der Waals surface area contributed by atoms with E-state index in [1.54, 1.807) is 24.3 Å². The maximum atomic E-state index is 13.1. The van der Waals surface area contributed by atoms with Crippen LogP contribution < -0.4 is 15.1 Å². The molecule has 0 saturated heterocycles. The van der Waals surface area contributed by atoms with Crippen molar-refractivity contribution in [3.05, 3.63) is 69.5 Å². The zero-order valence-corrected chi connectivity index (χ0v) is 18.5. The van der Waals surface area contributed by atoms with Gasteiger partial charge in [0.1, 0.15) is 5.56 Å². The third-order valence-electron chi connectivity index (χ3n) is 5.64. The lowest BCUT2D eigenvalue weighted by atomic mass is 10.1. The first-order valence-electron chi connectivity index (χ1n) is 9.98. The molecule has 31 heavy (non-hydrogen) atoms. The molecule has 1 aromatic heterocycles. The summed E-state index contributed by atoms with van der Waals surface area (Å²) in [5.41, 5.74) is 0.356. The molecule has 0 atom stereocenters. The Hall–Kier alpha value is -2.84. The van der Waals surface area contributed by atoms with E-state index in [9.17, 15) is 18.0 Å². The Labute approximate surface area is 185 Å². The fraction of sp³-hybridized carbons (Fsp3) is 0.273. The Morgan fingerprint density at radius 1 is 1.13 bits per heavy atom. The predicted octanol–water partition coefficient (Wildman–Crippen LogP) is 3.68. The molecule has 4 rings (SSSR count). The van der Waals surface area contributed by atoms with Gasteiger partial charge in [-0.1, -0.05) is 24.4 Å². The van der Waals surface area contributed by atoms with Crippen LogP contribution in [0.5, 0.6) is 0 Å². The van der Waals surface area contributed by atoms with Gasteiger partial charge in [0.25, 0.3) is 15.9 Å². The van der Waals surface area contributed by atoms with Crippen molar-refractivity contribution in [2.45, 2.75) is 36.6 Å². The highest BCUT2D eigenvalue weighted by Crippen LogP contribution is 2.25. The fourth-order valence-corrected chi connectivity index (χ4v) is 5.16. The van der Waals surface area contributed by atoms with Crippen LogP contribution >= 0.6 is 11.6 Å². The molecule has 162 valence electrons. The minimum Gasteiger partial charge on any atom is -0.360 e. The summed E-state index contributed by atoms with van der Waals surface area (Å²) >= 11 is 5.89. The molecule has 0 radical (unpaired) electrons. The smallest absolute Gasteiger partial charge is 0.264 e. The minimum atomic E-state index is -3.93. The SMILES string of the molecule is CN(c1ccc(Cl)cc1)S(=O)(=O)c1ccc2[nH]cc(C(=O)NC3CCCC3)c(=O)c2c1. The third-order valence-corrected chi connectivity index (χ3v) is 7.67. The van der Waals surface area contributed by atoms with Crippen molar-refractivity contribution in [1.82, 2.24) is 10.3 Å². The Kier molecular flexibility index (Phi) is 5.77. The molecule has 0 unspecified atom stereocenters. The van der Waals surface area contributed by atoms with Crippen LogP contribution in [-0.4, -0.2) is 32.4 Å². The molecule has 2 aromatic carbocycles. The number of H-pyrrole nitrogens is 1. The van der Waals surface area contributed by atoms with Crippen LogP contribution in [0.25, 0.3) is 10.9 Å². The van der Waals surface area contributed by atoms with E-state index in [-0.39, 0.29) is 21.9 Å². The molecule has 0 bridgehead atoms. The highest BCUT2D eigenvalue weighted by atomic mass is 35.5. The molecule has 1 aliphatic rings. The predicted molar refractivity (Wildman–Crippen MR) is 121 cm³/mol. The molecule has 1 saturated carbocycles. The zero-order valence-electron chi connectivity index (χ0n) is 16.9. The van der Waals surface area contributed by atoms with Gasteiger partial charge in [0.2, 0.25) is 5.43 Å². The van der Waals surface area contributed by atoms with E-state index >= 15 is 0 Å². The number of amides is 1. The molecular formula is C22H22ClN3O4S. The van der Waals surface area contributed by atoms with E-state index < -0.39 is 21.4 Å². The standard InChI is InChI=1S/C22H22ClN3O4S/c1-26(16-8-6-14(23)7-9-16)31(29,30)17-10-11-20-18(12-17)21(27)19(13-24-20)22(28)25-15-4-2-3-5-15/h6-13,15H,2-5H2,1H3,(H,24,27)(H,25,28). The summed E-state index contributed by atoms with van der Waals surface area (Å²) in [6, 6.07) is 10.7. The minimum absolute atomic E-state index is 0.0278. The van der Waals surface area contributed by atoms with Crippen molar-refractivity contribution in [1.29, 1.82) is 0 Å². The van der Waals surface area contributed by atoms with Crippen molar-refractivity contribution in [2.75, 3.05) is 11.4 Å². The van der Waals surface area contributed by atoms with E-state index in [4.69, 9.17) is 11.6 Å². The van der Waals surface area contributed by atoms with E-state index in [2.05, 4.69) is 10.3 Å². The van der Waals surface area contributed by atoms with E-state index in [1.165, 1.54) is 31.4 Å². The number of benzene rings is 2. The Bertz CT molecular complexity index is 1300. The van der Waals surface area contributed by atoms with Gasteiger partial charge < -0.3 is 10.3 Å². The second-order valence-electron chi connectivity index (χ2n) is 7.64. The summed E-state index contributed by atoms with van der Waals surface area (Å²) in [5, 5.41) is 3.53. The van der Waals surface area contributed by atoms with Gasteiger partial charge in [-0.2, -0.15) is 0 Å². The Morgan fingerprint density at radius 2 is 1.81 bits per heavy atom. The summed E-state index contributed by atoms with van der Waals surface area (Å²) in [6.07, 6.45) is 5.29. The monoisotopic (exact) mass is 459 g/mol. The summed E-state index contributed by atoms with van der Waals surface area (Å²) in [6.45, 7) is 0. The van der Waals surface area contributed by atoms with Gasteiger partial charge in [-0.05, 0) is 55.3 Å². The first-order chi connectivity index (χ1) is 14.8. The molecule has 0 spiro atoms. The molecule has 9 heteroatoms. The van der Waals surface area contributed by atoms with Crippen molar-refractivity contribution >= 4 is 44.1 Å². The van der Waals surface area contributed by atoms with Crippen LogP contribution in [0.3, 0.4) is 0 Å². The lowest BCUT2D eigenvalue weighted by molar-refractivity contribution is 0.0936. The molecule has 1 amide bonds. The van der Waals surface area contributed by atoms with Crippen LogP contribution in [0.15, 0.2) is 58.4 Å². The second kappa shape index (κ2) is 8.36. The Morgan fingerprint density at radius 3 is 2.48 bits per heavy atom. The van der Waals surface area contributed by atoms with Gasteiger partial charge in [-0.3, -0.25) is 13.9 Å². The number of aromatic amines is 1. The number of fused-ring (bicyclic) bond motifs is 1. The number of carbonyl (C=O) groups is 1. The van der Waals surface area contributed by atoms with Crippen molar-refractivity contribution < 1.29 is 13.2 Å². The average molecular weight is 460 g/mol. The maximum absolute atomic E-state index is 13.1. The van der Waals surface area contributed by atoms with Gasteiger partial charge in [0, 0.05) is 35.2 Å². The summed E-state index contributed by atoms with van der Waals surface area (Å²) in [5.74, 6) is -0.443. The topological polar surface area (TPSA) is 99.3 Å². The van der Waals surface area contributed by atoms with Crippen molar-refractivity contribution in [3.63, 3.8) is 0 Å². The van der Waals surface area contributed by atoms with Gasteiger partial charge >= 0.3 is 0 Å². The van der Waals surface area contributed by atoms with Crippen LogP contribution in [0.1, 0.15) is 36.0 Å². The largest absolute Gasteiger partial charge is 0.360 e. The number of carbonyl (C=O) groups excluding carboxylic acids is 1. The van der Waals surface area contributed by atoms with Gasteiger partial charge in [0.15, 0.2) is 0 Å². The number of rotatable bonds is 5. The molecule has 1 fully saturated rings. The molecule has 1 heterocycles. The van der Waals surface area contributed by atoms with Crippen LogP contribution in [0.4, 0.5) is 5.69 Å². The molecule has 7 nitrogen and oxygen atoms in total. The highest BCUT2D eigenvalue weighted by Gasteiger charge is 2.24. The Balaban J connectivity index is 1.70. The molecule has 1 aliphatic carbocycles. The van der Waals surface area contributed by atoms with Crippen molar-refractivity contribution in [2.24, 2.45) is 0 Å². The van der Waals surface area contributed by atoms with E-state index in [1.807, 2.05) is 0 Å². The van der Waals surface area contributed by atoms with Gasteiger partial charge in [-0.15, -0.1) is 0 Å². The average Bonchev–Trinajstić information content (AvgIpc) is 3.26. The highest BCUT2D eigenvalue weighted by molar-refractivity contribution is 7.92. The number of anilines is 1. The lowest BCUT2D eigenvalue weighted by Gasteiger charge is -2.20. The van der Waals surface area contributed by atoms with E-state index in [0.29, 0.717) is 16.2 Å². The number of sulfonamides is 1. The van der Waals surface area contributed by atoms with Crippen LogP contribution in [-0.2, 0) is 10.0 Å². The summed E-state index contributed by atoms with van der Waals surface area (Å²) in [7, 11) is -2.50. The van der Waals surface area contributed by atoms with E-state index in [0.717, 1.165) is 30.0 Å². The molecular weight excluding hydrogens is 438 g/mol. The number of nitrogens with one attached hydrogen (secondary N) is 2. The molecule has 2 N–H and O–H groups in total. The number of aromatic nitrogens is 1. The first-order valence-corrected chi connectivity index (χ1v) is 11.8. The number of hydrogen-bond donors (Lipinski definition) is 2. The van der Waals surface area contributed by atoms with Gasteiger partial charge in [-0.25, -0.2) is 8.42 Å². The maximum Gasteiger partial charge on any atom is 0.264 e. The molecule has 0 aliphatic heterocycles. The normalized spacial score (nSPS) is 14.6.